The molecule has 2 atom stereocenters. The van der Waals surface area contributed by atoms with Crippen LogP contribution in [0.4, 0.5) is 0 Å². The van der Waals surface area contributed by atoms with Gasteiger partial charge in [-0.3, -0.25) is 4.98 Å². The van der Waals surface area contributed by atoms with Gasteiger partial charge in [0.2, 0.25) is 10.0 Å². The van der Waals surface area contributed by atoms with Crippen molar-refractivity contribution in [3.8, 4) is 11.1 Å². The fourth-order valence-electron chi connectivity index (χ4n) is 3.98. The van der Waals surface area contributed by atoms with Crippen LogP contribution in [0.3, 0.4) is 0 Å². The van der Waals surface area contributed by atoms with Gasteiger partial charge in [-0.2, -0.15) is 4.31 Å². The number of rotatable bonds is 3. The zero-order chi connectivity index (χ0) is 15.9. The van der Waals surface area contributed by atoms with Crippen LogP contribution in [-0.4, -0.2) is 30.8 Å². The van der Waals surface area contributed by atoms with Gasteiger partial charge in [-0.25, -0.2) is 8.42 Å². The maximum Gasteiger partial charge on any atom is 0.243 e. The molecule has 4 rings (SSSR count). The molecule has 1 aromatic heterocycles. The second-order valence-electron chi connectivity index (χ2n) is 6.51. The highest BCUT2D eigenvalue weighted by Crippen LogP contribution is 2.40. The molecule has 0 bridgehead atoms. The summed E-state index contributed by atoms with van der Waals surface area (Å²) < 4.78 is 28.0. The van der Waals surface area contributed by atoms with E-state index in [1.54, 1.807) is 28.8 Å². The SMILES string of the molecule is O=S(=O)(c1ccccc1-c1cccnc1)N1C[C@H]2CCC[C@H]2C1. The van der Waals surface area contributed by atoms with Crippen LogP contribution in [0.5, 0.6) is 0 Å². The summed E-state index contributed by atoms with van der Waals surface area (Å²) in [6.45, 7) is 1.35. The van der Waals surface area contributed by atoms with Gasteiger partial charge in [-0.05, 0) is 36.8 Å². The summed E-state index contributed by atoms with van der Waals surface area (Å²) in [5, 5.41) is 0. The van der Waals surface area contributed by atoms with E-state index in [0.717, 1.165) is 11.1 Å². The maximum atomic E-state index is 13.2. The molecule has 1 aliphatic heterocycles. The molecule has 4 nitrogen and oxygen atoms in total. The molecule has 1 aromatic carbocycles. The molecular formula is C18H20N2O2S. The number of benzene rings is 1. The Bertz CT molecular complexity index is 793. The van der Waals surface area contributed by atoms with Gasteiger partial charge in [0, 0.05) is 36.6 Å². The van der Waals surface area contributed by atoms with E-state index in [1.165, 1.54) is 19.3 Å². The van der Waals surface area contributed by atoms with Crippen molar-refractivity contribution in [2.45, 2.75) is 24.2 Å². The molecule has 0 N–H and O–H groups in total. The van der Waals surface area contributed by atoms with Gasteiger partial charge in [-0.15, -0.1) is 0 Å². The number of nitrogens with zero attached hydrogens (tertiary/aromatic N) is 2. The van der Waals surface area contributed by atoms with Gasteiger partial charge < -0.3 is 0 Å². The van der Waals surface area contributed by atoms with Crippen molar-refractivity contribution in [1.29, 1.82) is 0 Å². The lowest BCUT2D eigenvalue weighted by Gasteiger charge is -2.19. The van der Waals surface area contributed by atoms with Gasteiger partial charge in [0.25, 0.3) is 0 Å². The van der Waals surface area contributed by atoms with Gasteiger partial charge in [-0.1, -0.05) is 30.7 Å². The topological polar surface area (TPSA) is 50.3 Å². The Hall–Kier alpha value is -1.72. The second-order valence-corrected chi connectivity index (χ2v) is 8.42. The Morgan fingerprint density at radius 2 is 1.74 bits per heavy atom. The average Bonchev–Trinajstić information content (AvgIpc) is 3.18. The average molecular weight is 328 g/mol. The molecule has 120 valence electrons. The van der Waals surface area contributed by atoms with Crippen molar-refractivity contribution < 1.29 is 8.42 Å². The van der Waals surface area contributed by atoms with Crippen LogP contribution >= 0.6 is 0 Å². The van der Waals surface area contributed by atoms with E-state index in [2.05, 4.69) is 4.98 Å². The summed E-state index contributed by atoms with van der Waals surface area (Å²) in [7, 11) is -3.45. The maximum absolute atomic E-state index is 13.2. The second kappa shape index (κ2) is 5.73. The molecular weight excluding hydrogens is 308 g/mol. The Labute approximate surface area is 137 Å². The van der Waals surface area contributed by atoms with Crippen molar-refractivity contribution in [3.05, 3.63) is 48.8 Å². The van der Waals surface area contributed by atoms with Crippen LogP contribution in [0.15, 0.2) is 53.7 Å². The Balaban J connectivity index is 1.73. The zero-order valence-electron chi connectivity index (χ0n) is 12.9. The van der Waals surface area contributed by atoms with Crippen molar-refractivity contribution in [2.24, 2.45) is 11.8 Å². The molecule has 5 heteroatoms. The third kappa shape index (κ3) is 2.58. The van der Waals surface area contributed by atoms with Crippen LogP contribution in [0.2, 0.25) is 0 Å². The Kier molecular flexibility index (Phi) is 3.70. The minimum atomic E-state index is -3.45. The number of hydrogen-bond donors (Lipinski definition) is 0. The fraction of sp³-hybridized carbons (Fsp3) is 0.389. The first kappa shape index (κ1) is 14.8. The predicted octanol–water partition coefficient (Wildman–Crippen LogP) is 3.17. The van der Waals surface area contributed by atoms with Crippen LogP contribution < -0.4 is 0 Å². The summed E-state index contributed by atoms with van der Waals surface area (Å²) in [6, 6.07) is 11.0. The Morgan fingerprint density at radius 1 is 1.00 bits per heavy atom. The Morgan fingerprint density at radius 3 is 2.43 bits per heavy atom. The molecule has 2 aliphatic rings. The zero-order valence-corrected chi connectivity index (χ0v) is 13.7. The predicted molar refractivity (Wildman–Crippen MR) is 89.3 cm³/mol. The summed E-state index contributed by atoms with van der Waals surface area (Å²) >= 11 is 0. The van der Waals surface area contributed by atoms with Crippen molar-refractivity contribution in [1.82, 2.24) is 9.29 Å². The highest BCUT2D eigenvalue weighted by molar-refractivity contribution is 7.89. The van der Waals surface area contributed by atoms with Crippen LogP contribution in [0, 0.1) is 11.8 Å². The van der Waals surface area contributed by atoms with E-state index in [0.29, 0.717) is 29.8 Å². The van der Waals surface area contributed by atoms with Gasteiger partial charge in [0.1, 0.15) is 0 Å². The smallest absolute Gasteiger partial charge is 0.243 e. The van der Waals surface area contributed by atoms with Crippen molar-refractivity contribution in [2.75, 3.05) is 13.1 Å². The minimum Gasteiger partial charge on any atom is -0.264 e. The fourth-order valence-corrected chi connectivity index (χ4v) is 5.75. The van der Waals surface area contributed by atoms with E-state index >= 15 is 0 Å². The van der Waals surface area contributed by atoms with Crippen molar-refractivity contribution >= 4 is 10.0 Å². The van der Waals surface area contributed by atoms with E-state index in [4.69, 9.17) is 0 Å². The first-order valence-corrected chi connectivity index (χ1v) is 9.60. The number of aromatic nitrogens is 1. The van der Waals surface area contributed by atoms with E-state index in [9.17, 15) is 8.42 Å². The molecule has 2 heterocycles. The molecule has 0 unspecified atom stereocenters. The highest BCUT2D eigenvalue weighted by Gasteiger charge is 2.41. The third-order valence-electron chi connectivity index (χ3n) is 5.17. The summed E-state index contributed by atoms with van der Waals surface area (Å²) in [5.41, 5.74) is 1.57. The van der Waals surface area contributed by atoms with Gasteiger partial charge >= 0.3 is 0 Å². The van der Waals surface area contributed by atoms with Crippen LogP contribution in [0.25, 0.3) is 11.1 Å². The lowest BCUT2D eigenvalue weighted by Crippen LogP contribution is -2.30. The molecule has 1 aliphatic carbocycles. The molecule has 23 heavy (non-hydrogen) atoms. The molecule has 0 amide bonds. The van der Waals surface area contributed by atoms with Crippen LogP contribution in [0.1, 0.15) is 19.3 Å². The third-order valence-corrected chi connectivity index (χ3v) is 7.06. The molecule has 1 saturated heterocycles. The first-order chi connectivity index (χ1) is 11.2. The summed E-state index contributed by atoms with van der Waals surface area (Å²) in [6.07, 6.45) is 6.99. The van der Waals surface area contributed by atoms with Crippen molar-refractivity contribution in [3.63, 3.8) is 0 Å². The molecule has 2 aromatic rings. The summed E-state index contributed by atoms with van der Waals surface area (Å²) in [5.74, 6) is 1.10. The number of pyridine rings is 1. The lowest BCUT2D eigenvalue weighted by atomic mass is 10.0. The van der Waals surface area contributed by atoms with E-state index < -0.39 is 10.0 Å². The normalized spacial score (nSPS) is 24.7. The molecule has 1 saturated carbocycles. The molecule has 0 spiro atoms. The lowest BCUT2D eigenvalue weighted by molar-refractivity contribution is 0.445. The largest absolute Gasteiger partial charge is 0.264 e. The van der Waals surface area contributed by atoms with E-state index in [1.807, 2.05) is 24.3 Å². The number of sulfonamides is 1. The quantitative estimate of drug-likeness (QED) is 0.869. The molecule has 2 fully saturated rings. The van der Waals surface area contributed by atoms with Gasteiger partial charge in [0.05, 0.1) is 4.90 Å². The monoisotopic (exact) mass is 328 g/mol. The van der Waals surface area contributed by atoms with E-state index in [-0.39, 0.29) is 0 Å². The summed E-state index contributed by atoms with van der Waals surface area (Å²) in [4.78, 5) is 4.52. The number of fused-ring (bicyclic) bond motifs is 1. The van der Waals surface area contributed by atoms with Crippen LogP contribution in [-0.2, 0) is 10.0 Å². The molecule has 0 radical (unpaired) electrons. The standard InChI is InChI=1S/C18H20N2O2S/c21-23(22,20-12-15-5-3-6-16(15)13-20)18-9-2-1-8-17(18)14-7-4-10-19-11-14/h1-2,4,7-11,15-16H,3,5-6,12-13H2/t15-,16+. The highest BCUT2D eigenvalue weighted by atomic mass is 32.2. The number of hydrogen-bond acceptors (Lipinski definition) is 3. The van der Waals surface area contributed by atoms with Gasteiger partial charge in [0.15, 0.2) is 0 Å². The minimum absolute atomic E-state index is 0.396. The first-order valence-electron chi connectivity index (χ1n) is 8.16.